The molecule has 3 rings (SSSR count). The molecule has 1 aromatic carbocycles. The van der Waals surface area contributed by atoms with Crippen molar-refractivity contribution in [2.24, 2.45) is 0 Å². The molecule has 0 saturated heterocycles. The number of amides is 1. The van der Waals surface area contributed by atoms with Crippen LogP contribution in [0.3, 0.4) is 0 Å². The Hall–Kier alpha value is -3.12. The van der Waals surface area contributed by atoms with Gasteiger partial charge in [-0.05, 0) is 37.3 Å². The molecule has 1 amide bonds. The summed E-state index contributed by atoms with van der Waals surface area (Å²) in [7, 11) is 0. The molecular formula is C20H18ClN3O3. The Kier molecular flexibility index (Phi) is 5.88. The van der Waals surface area contributed by atoms with Gasteiger partial charge in [0.1, 0.15) is 5.65 Å². The summed E-state index contributed by atoms with van der Waals surface area (Å²) in [6.45, 7) is 2.00. The summed E-state index contributed by atoms with van der Waals surface area (Å²) in [5, 5.41) is 0.280. The predicted octanol–water partition coefficient (Wildman–Crippen LogP) is 3.60. The van der Waals surface area contributed by atoms with Gasteiger partial charge in [-0.3, -0.25) is 9.20 Å². The lowest BCUT2D eigenvalue weighted by Crippen LogP contribution is -2.34. The van der Waals surface area contributed by atoms with Crippen LogP contribution in [-0.2, 0) is 14.3 Å². The average Bonchev–Trinajstić information content (AvgIpc) is 3.01. The molecule has 0 aliphatic rings. The number of carbonyl (C=O) groups is 2. The Morgan fingerprint density at radius 3 is 2.67 bits per heavy atom. The minimum atomic E-state index is -0.630. The van der Waals surface area contributed by atoms with Gasteiger partial charge in [0.05, 0.1) is 5.69 Å². The summed E-state index contributed by atoms with van der Waals surface area (Å²) in [4.78, 5) is 30.1. The van der Waals surface area contributed by atoms with Gasteiger partial charge in [0.15, 0.2) is 11.8 Å². The highest BCUT2D eigenvalue weighted by Crippen LogP contribution is 2.19. The van der Waals surface area contributed by atoms with Gasteiger partial charge in [0.2, 0.25) is 0 Å². The summed E-state index contributed by atoms with van der Waals surface area (Å²) in [6, 6.07) is 14.7. The highest BCUT2D eigenvalue weighted by molar-refractivity contribution is 6.31. The fourth-order valence-electron chi connectivity index (χ4n) is 2.65. The summed E-state index contributed by atoms with van der Waals surface area (Å²) in [5.74, 6) is -0.923. The lowest BCUT2D eigenvalue weighted by molar-refractivity contribution is -0.142. The number of fused-ring (bicyclic) bond motifs is 1. The van der Waals surface area contributed by atoms with Crippen molar-refractivity contribution in [1.29, 1.82) is 0 Å². The van der Waals surface area contributed by atoms with Gasteiger partial charge >= 0.3 is 5.97 Å². The zero-order valence-corrected chi connectivity index (χ0v) is 15.5. The minimum absolute atomic E-state index is 0.280. The molecule has 0 N–H and O–H groups in total. The molecule has 0 fully saturated rings. The number of hydrogen-bond acceptors (Lipinski definition) is 4. The molecule has 27 heavy (non-hydrogen) atoms. The molecule has 0 unspecified atom stereocenters. The van der Waals surface area contributed by atoms with Crippen molar-refractivity contribution in [1.82, 2.24) is 9.38 Å². The van der Waals surface area contributed by atoms with Crippen LogP contribution in [0.15, 0.2) is 60.8 Å². The van der Waals surface area contributed by atoms with Gasteiger partial charge in [0, 0.05) is 24.5 Å². The first-order valence-electron chi connectivity index (χ1n) is 8.43. The molecule has 0 aliphatic carbocycles. The lowest BCUT2D eigenvalue weighted by atomic mass is 10.3. The molecule has 0 saturated carbocycles. The van der Waals surface area contributed by atoms with Crippen LogP contribution in [0.4, 0.5) is 5.69 Å². The first-order chi connectivity index (χ1) is 13.1. The van der Waals surface area contributed by atoms with E-state index in [2.05, 4.69) is 4.98 Å². The van der Waals surface area contributed by atoms with E-state index < -0.39 is 5.97 Å². The minimum Gasteiger partial charge on any atom is -0.452 e. The van der Waals surface area contributed by atoms with Crippen molar-refractivity contribution in [3.63, 3.8) is 0 Å². The monoisotopic (exact) mass is 383 g/mol. The van der Waals surface area contributed by atoms with E-state index in [1.54, 1.807) is 15.5 Å². The van der Waals surface area contributed by atoms with Crippen LogP contribution in [0, 0.1) is 0 Å². The fourth-order valence-corrected chi connectivity index (χ4v) is 2.89. The molecule has 0 spiro atoms. The highest BCUT2D eigenvalue weighted by atomic mass is 35.5. The Labute approximate surface area is 161 Å². The standard InChI is InChI=1S/C20H18ClN3O3/c1-2-23(15-8-4-3-5-9-15)18(25)14-27-19(26)12-11-16-20(21)22-17-10-6-7-13-24(16)17/h3-13H,2,14H2,1H3/b12-11+. The van der Waals surface area contributed by atoms with E-state index in [4.69, 9.17) is 16.3 Å². The van der Waals surface area contributed by atoms with E-state index in [9.17, 15) is 9.59 Å². The number of imidazole rings is 1. The Morgan fingerprint density at radius 2 is 1.93 bits per heavy atom. The molecule has 3 aromatic rings. The Morgan fingerprint density at radius 1 is 1.19 bits per heavy atom. The number of pyridine rings is 1. The van der Waals surface area contributed by atoms with Gasteiger partial charge in [-0.1, -0.05) is 35.9 Å². The van der Waals surface area contributed by atoms with Crippen LogP contribution in [0.5, 0.6) is 0 Å². The average molecular weight is 384 g/mol. The molecular weight excluding hydrogens is 366 g/mol. The van der Waals surface area contributed by atoms with Crippen LogP contribution in [0.1, 0.15) is 12.6 Å². The molecule has 0 aliphatic heterocycles. The third-order valence-electron chi connectivity index (χ3n) is 3.92. The number of aromatic nitrogens is 2. The van der Waals surface area contributed by atoms with Gasteiger partial charge < -0.3 is 9.64 Å². The normalized spacial score (nSPS) is 11.0. The Balaban J connectivity index is 1.63. The molecule has 2 aromatic heterocycles. The van der Waals surface area contributed by atoms with Crippen molar-refractivity contribution >= 4 is 40.9 Å². The van der Waals surface area contributed by atoms with Crippen molar-refractivity contribution < 1.29 is 14.3 Å². The number of ether oxygens (including phenoxy) is 1. The smallest absolute Gasteiger partial charge is 0.331 e. The molecule has 0 radical (unpaired) electrons. The first-order valence-corrected chi connectivity index (χ1v) is 8.80. The molecule has 2 heterocycles. The van der Waals surface area contributed by atoms with Gasteiger partial charge in [-0.2, -0.15) is 0 Å². The molecule has 0 bridgehead atoms. The summed E-state index contributed by atoms with van der Waals surface area (Å²) in [6.07, 6.45) is 4.54. The summed E-state index contributed by atoms with van der Waals surface area (Å²) in [5.41, 5.74) is 2.00. The van der Waals surface area contributed by atoms with E-state index in [1.807, 2.05) is 55.5 Å². The number of carbonyl (C=O) groups excluding carboxylic acids is 2. The molecule has 7 heteroatoms. The second kappa shape index (κ2) is 8.51. The van der Waals surface area contributed by atoms with Gasteiger partial charge in [-0.15, -0.1) is 0 Å². The van der Waals surface area contributed by atoms with E-state index in [0.717, 1.165) is 5.69 Å². The maximum atomic E-state index is 12.3. The van der Waals surface area contributed by atoms with Crippen molar-refractivity contribution in [2.75, 3.05) is 18.1 Å². The SMILES string of the molecule is CCN(C(=O)COC(=O)/C=C/c1c(Cl)nc2ccccn12)c1ccccc1. The topological polar surface area (TPSA) is 63.9 Å². The van der Waals surface area contributed by atoms with Crippen molar-refractivity contribution in [3.05, 3.63) is 71.7 Å². The Bertz CT molecular complexity index is 983. The number of anilines is 1. The van der Waals surface area contributed by atoms with E-state index in [-0.39, 0.29) is 17.7 Å². The largest absolute Gasteiger partial charge is 0.452 e. The maximum absolute atomic E-state index is 12.3. The third-order valence-corrected chi connectivity index (χ3v) is 4.20. The van der Waals surface area contributed by atoms with Gasteiger partial charge in [-0.25, -0.2) is 9.78 Å². The number of hydrogen-bond donors (Lipinski definition) is 0. The van der Waals surface area contributed by atoms with Crippen LogP contribution in [0.25, 0.3) is 11.7 Å². The third kappa shape index (κ3) is 4.35. The number of benzene rings is 1. The van der Waals surface area contributed by atoms with Crippen LogP contribution >= 0.6 is 11.6 Å². The maximum Gasteiger partial charge on any atom is 0.331 e. The quantitative estimate of drug-likeness (QED) is 0.482. The summed E-state index contributed by atoms with van der Waals surface area (Å²) >= 11 is 6.11. The van der Waals surface area contributed by atoms with Crippen LogP contribution < -0.4 is 4.90 Å². The van der Waals surface area contributed by atoms with Crippen molar-refractivity contribution in [2.45, 2.75) is 6.92 Å². The van der Waals surface area contributed by atoms with E-state index in [0.29, 0.717) is 17.9 Å². The van der Waals surface area contributed by atoms with Crippen LogP contribution in [0.2, 0.25) is 5.15 Å². The molecule has 0 atom stereocenters. The number of rotatable bonds is 6. The molecule has 138 valence electrons. The van der Waals surface area contributed by atoms with E-state index >= 15 is 0 Å². The van der Waals surface area contributed by atoms with Crippen LogP contribution in [-0.4, -0.2) is 34.4 Å². The van der Waals surface area contributed by atoms with E-state index in [1.165, 1.54) is 12.2 Å². The summed E-state index contributed by atoms with van der Waals surface area (Å²) < 4.78 is 6.82. The first kappa shape index (κ1) is 18.7. The second-order valence-corrected chi connectivity index (χ2v) is 5.99. The zero-order valence-electron chi connectivity index (χ0n) is 14.7. The highest BCUT2D eigenvalue weighted by Gasteiger charge is 2.15. The zero-order chi connectivity index (χ0) is 19.2. The second-order valence-electron chi connectivity index (χ2n) is 5.63. The number of nitrogens with zero attached hydrogens (tertiary/aromatic N) is 3. The number of halogens is 1. The van der Waals surface area contributed by atoms with Crippen molar-refractivity contribution in [3.8, 4) is 0 Å². The number of esters is 1. The number of para-hydroxylation sites is 1. The number of likely N-dealkylation sites (N-methyl/N-ethyl adjacent to an activating group) is 1. The lowest BCUT2D eigenvalue weighted by Gasteiger charge is -2.20. The fraction of sp³-hybridized carbons (Fsp3) is 0.150. The predicted molar refractivity (Wildman–Crippen MR) is 105 cm³/mol. The molecule has 6 nitrogen and oxygen atoms in total. The van der Waals surface area contributed by atoms with Gasteiger partial charge in [0.25, 0.3) is 5.91 Å².